The topological polar surface area (TPSA) is 109 Å². The lowest BCUT2D eigenvalue weighted by atomic mass is 9.81. The summed E-state index contributed by atoms with van der Waals surface area (Å²) in [6, 6.07) is 8.31. The maximum absolute atomic E-state index is 12.8. The van der Waals surface area contributed by atoms with Crippen molar-refractivity contribution in [3.05, 3.63) is 57.6 Å². The van der Waals surface area contributed by atoms with Gasteiger partial charge in [0, 0.05) is 11.4 Å². The summed E-state index contributed by atoms with van der Waals surface area (Å²) in [5.74, 6) is -1.24. The Kier molecular flexibility index (Phi) is 5.40. The molecule has 1 aliphatic rings. The van der Waals surface area contributed by atoms with Crippen LogP contribution < -0.4 is 10.5 Å². The Morgan fingerprint density at radius 2 is 2.00 bits per heavy atom. The number of nitrogens with zero attached hydrogens (tertiary/aromatic N) is 2. The molecule has 1 aromatic carbocycles. The Hall–Kier alpha value is -2.82. The second-order valence-electron chi connectivity index (χ2n) is 7.12. The monoisotopic (exact) mass is 356 g/mol. The molecule has 0 aromatic heterocycles. The molecule has 1 aromatic rings. The van der Waals surface area contributed by atoms with Crippen molar-refractivity contribution in [1.29, 1.82) is 5.26 Å². The SMILES string of the molecule is CC1=C(C#N)[C@@H](c2cccc(N([O-])O)c2)C(C(=O)OC(C)(C)C)=C(C)N1. The van der Waals surface area contributed by atoms with Crippen molar-refractivity contribution in [3.8, 4) is 6.07 Å². The van der Waals surface area contributed by atoms with Crippen molar-refractivity contribution in [2.75, 3.05) is 5.23 Å². The highest BCUT2D eigenvalue weighted by molar-refractivity contribution is 5.93. The fraction of sp³-hybridized carbons (Fsp3) is 0.368. The van der Waals surface area contributed by atoms with E-state index in [-0.39, 0.29) is 10.9 Å². The quantitative estimate of drug-likeness (QED) is 0.630. The number of ether oxygens (including phenoxy) is 1. The highest BCUT2D eigenvalue weighted by Crippen LogP contribution is 2.39. The van der Waals surface area contributed by atoms with Crippen LogP contribution in [0.15, 0.2) is 46.8 Å². The van der Waals surface area contributed by atoms with Crippen LogP contribution in [0.2, 0.25) is 0 Å². The van der Waals surface area contributed by atoms with E-state index in [0.717, 1.165) is 0 Å². The summed E-state index contributed by atoms with van der Waals surface area (Å²) in [6.45, 7) is 8.77. The average Bonchev–Trinajstić information content (AvgIpc) is 2.52. The Labute approximate surface area is 152 Å². The second kappa shape index (κ2) is 7.20. The Morgan fingerprint density at radius 1 is 1.35 bits per heavy atom. The first-order chi connectivity index (χ1) is 12.0. The van der Waals surface area contributed by atoms with Crippen LogP contribution >= 0.6 is 0 Å². The molecule has 0 aliphatic carbocycles. The molecule has 2 rings (SSSR count). The summed E-state index contributed by atoms with van der Waals surface area (Å²) >= 11 is 0. The molecule has 0 saturated heterocycles. The molecule has 0 radical (unpaired) electrons. The van der Waals surface area contributed by atoms with Crippen molar-refractivity contribution >= 4 is 11.7 Å². The van der Waals surface area contributed by atoms with Gasteiger partial charge in [0.15, 0.2) is 0 Å². The van der Waals surface area contributed by atoms with Crippen molar-refractivity contribution in [2.24, 2.45) is 0 Å². The van der Waals surface area contributed by atoms with Gasteiger partial charge in [-0.25, -0.2) is 4.79 Å². The Morgan fingerprint density at radius 3 is 2.54 bits per heavy atom. The number of allylic oxidation sites excluding steroid dienone is 3. The van der Waals surface area contributed by atoms with Gasteiger partial charge in [0.1, 0.15) is 5.60 Å². The number of carbonyl (C=O) groups excluding carboxylic acids is 1. The molecule has 138 valence electrons. The molecular weight excluding hydrogens is 334 g/mol. The zero-order valence-corrected chi connectivity index (χ0v) is 15.5. The van der Waals surface area contributed by atoms with Gasteiger partial charge >= 0.3 is 5.97 Å². The summed E-state index contributed by atoms with van der Waals surface area (Å²) in [7, 11) is 0. The number of esters is 1. The first-order valence-corrected chi connectivity index (χ1v) is 8.13. The average molecular weight is 356 g/mol. The van der Waals surface area contributed by atoms with Crippen LogP contribution in [0.5, 0.6) is 0 Å². The second-order valence-corrected chi connectivity index (χ2v) is 7.12. The Balaban J connectivity index is 2.61. The normalized spacial score (nSPS) is 17.5. The van der Waals surface area contributed by atoms with E-state index in [0.29, 0.717) is 28.1 Å². The number of hydrogen-bond donors (Lipinski definition) is 2. The molecule has 1 atom stereocenters. The molecule has 0 amide bonds. The first-order valence-electron chi connectivity index (χ1n) is 8.13. The zero-order chi connectivity index (χ0) is 19.6. The third kappa shape index (κ3) is 4.04. The lowest BCUT2D eigenvalue weighted by Crippen LogP contribution is -2.32. The van der Waals surface area contributed by atoms with E-state index in [2.05, 4.69) is 11.4 Å². The highest BCUT2D eigenvalue weighted by atomic mass is 16.8. The van der Waals surface area contributed by atoms with Gasteiger partial charge in [-0.3, -0.25) is 5.21 Å². The smallest absolute Gasteiger partial charge is 0.337 e. The van der Waals surface area contributed by atoms with Crippen molar-refractivity contribution < 1.29 is 14.7 Å². The molecule has 7 heteroatoms. The van der Waals surface area contributed by atoms with Gasteiger partial charge in [-0.2, -0.15) is 5.26 Å². The predicted molar refractivity (Wildman–Crippen MR) is 96.8 cm³/mol. The van der Waals surface area contributed by atoms with Gasteiger partial charge in [0.2, 0.25) is 0 Å². The number of carbonyl (C=O) groups is 1. The number of rotatable bonds is 3. The summed E-state index contributed by atoms with van der Waals surface area (Å²) in [5, 5.41) is 32.9. The van der Waals surface area contributed by atoms with E-state index < -0.39 is 17.5 Å². The summed E-state index contributed by atoms with van der Waals surface area (Å²) in [5.41, 5.74) is 1.70. The zero-order valence-electron chi connectivity index (χ0n) is 15.5. The van der Waals surface area contributed by atoms with Gasteiger partial charge < -0.3 is 20.5 Å². The number of dihydropyridines is 1. The summed E-state index contributed by atoms with van der Waals surface area (Å²) in [6.07, 6.45) is 0. The fourth-order valence-electron chi connectivity index (χ4n) is 2.90. The maximum Gasteiger partial charge on any atom is 0.337 e. The highest BCUT2D eigenvalue weighted by Gasteiger charge is 2.35. The Bertz CT molecular complexity index is 826. The standard InChI is InChI=1S/C19H22N3O4/c1-11-15(10-20)17(13-7-6-8-14(9-13)22(24)25)16(12(2)21-11)18(23)26-19(3,4)5/h6-9,17,21,24H,1-5H3/q-1/t17-/m1/s1. The minimum Gasteiger partial charge on any atom is -0.733 e. The van der Waals surface area contributed by atoms with E-state index in [1.54, 1.807) is 46.8 Å². The van der Waals surface area contributed by atoms with E-state index >= 15 is 0 Å². The third-order valence-corrected chi connectivity index (χ3v) is 3.92. The van der Waals surface area contributed by atoms with Crippen LogP contribution in [-0.2, 0) is 9.53 Å². The molecule has 1 heterocycles. The summed E-state index contributed by atoms with van der Waals surface area (Å²) in [4.78, 5) is 12.8. The molecule has 0 saturated carbocycles. The van der Waals surface area contributed by atoms with E-state index in [1.165, 1.54) is 12.1 Å². The number of nitriles is 1. The van der Waals surface area contributed by atoms with Crippen LogP contribution in [-0.4, -0.2) is 16.8 Å². The molecule has 0 bridgehead atoms. The van der Waals surface area contributed by atoms with E-state index in [9.17, 15) is 20.5 Å². The first kappa shape index (κ1) is 19.5. The largest absolute Gasteiger partial charge is 0.733 e. The van der Waals surface area contributed by atoms with Crippen LogP contribution in [0, 0.1) is 16.5 Å². The molecule has 0 fully saturated rings. The molecule has 2 N–H and O–H groups in total. The van der Waals surface area contributed by atoms with Gasteiger partial charge in [-0.15, -0.1) is 0 Å². The van der Waals surface area contributed by atoms with E-state index in [1.807, 2.05) is 0 Å². The number of benzene rings is 1. The third-order valence-electron chi connectivity index (χ3n) is 3.92. The van der Waals surface area contributed by atoms with Crippen LogP contribution in [0.4, 0.5) is 5.69 Å². The molecule has 0 spiro atoms. The molecular formula is C19H22N3O4-. The van der Waals surface area contributed by atoms with Crippen molar-refractivity contribution in [2.45, 2.75) is 46.1 Å². The number of nitrogens with one attached hydrogen (secondary N) is 1. The minimum atomic E-state index is -0.698. The molecule has 7 nitrogen and oxygen atoms in total. The number of anilines is 1. The molecule has 0 unspecified atom stereocenters. The predicted octanol–water partition coefficient (Wildman–Crippen LogP) is 3.48. The van der Waals surface area contributed by atoms with Gasteiger partial charge in [-0.05, 0) is 52.3 Å². The van der Waals surface area contributed by atoms with Gasteiger partial charge in [0.25, 0.3) is 0 Å². The molecule has 26 heavy (non-hydrogen) atoms. The molecule has 1 aliphatic heterocycles. The van der Waals surface area contributed by atoms with Crippen molar-refractivity contribution in [1.82, 2.24) is 5.32 Å². The van der Waals surface area contributed by atoms with Crippen LogP contribution in [0.25, 0.3) is 0 Å². The van der Waals surface area contributed by atoms with Gasteiger partial charge in [-0.1, -0.05) is 12.1 Å². The number of hydrogen-bond acceptors (Lipinski definition) is 7. The lowest BCUT2D eigenvalue weighted by Gasteiger charge is -2.31. The summed E-state index contributed by atoms with van der Waals surface area (Å²) < 4.78 is 5.51. The van der Waals surface area contributed by atoms with Crippen LogP contribution in [0.1, 0.15) is 46.1 Å². The fourth-order valence-corrected chi connectivity index (χ4v) is 2.90. The maximum atomic E-state index is 12.8. The minimum absolute atomic E-state index is 0.0113. The van der Waals surface area contributed by atoms with E-state index in [4.69, 9.17) is 4.74 Å². The van der Waals surface area contributed by atoms with Crippen LogP contribution in [0.3, 0.4) is 0 Å². The lowest BCUT2D eigenvalue weighted by molar-refractivity contribution is -0.150. The van der Waals surface area contributed by atoms with Crippen molar-refractivity contribution in [3.63, 3.8) is 0 Å². The van der Waals surface area contributed by atoms with Gasteiger partial charge in [0.05, 0.1) is 28.8 Å².